The van der Waals surface area contributed by atoms with E-state index >= 15 is 0 Å². The topological polar surface area (TPSA) is 115 Å². The minimum atomic E-state index is -4.05. The van der Waals surface area contributed by atoms with Gasteiger partial charge in [0.2, 0.25) is 0 Å². The van der Waals surface area contributed by atoms with Crippen LogP contribution in [0.2, 0.25) is 0 Å². The molecular weight excluding hydrogens is 396 g/mol. The summed E-state index contributed by atoms with van der Waals surface area (Å²) < 4.78 is 33.7. The number of benzene rings is 1. The predicted molar refractivity (Wildman–Crippen MR) is 107 cm³/mol. The van der Waals surface area contributed by atoms with E-state index in [2.05, 4.69) is 21.8 Å². The van der Waals surface area contributed by atoms with Crippen LogP contribution >= 0.6 is 0 Å². The molecule has 1 aromatic carbocycles. The Bertz CT molecular complexity index is 1250. The summed E-state index contributed by atoms with van der Waals surface area (Å²) in [4.78, 5) is 20.2. The summed E-state index contributed by atoms with van der Waals surface area (Å²) in [6.45, 7) is 1.77. The van der Waals surface area contributed by atoms with Crippen LogP contribution in [0.1, 0.15) is 17.3 Å². The normalized spacial score (nSPS) is 11.3. The second kappa shape index (κ2) is 7.90. The van der Waals surface area contributed by atoms with Crippen molar-refractivity contribution < 1.29 is 23.1 Å². The lowest BCUT2D eigenvalue weighted by Crippen LogP contribution is -2.29. The minimum absolute atomic E-state index is 0.0686. The monoisotopic (exact) mass is 414 g/mol. The number of aromatic nitrogens is 3. The number of ether oxygens (including phenoxy) is 1. The molecule has 0 spiro atoms. The quantitative estimate of drug-likeness (QED) is 0.612. The summed E-state index contributed by atoms with van der Waals surface area (Å²) in [6, 6.07) is 7.62. The first-order chi connectivity index (χ1) is 13.8. The third-order valence-electron chi connectivity index (χ3n) is 4.03. The number of carboxylic acids is 1. The highest BCUT2D eigenvalue weighted by atomic mass is 32.2. The van der Waals surface area contributed by atoms with E-state index in [9.17, 15) is 18.3 Å². The molecule has 0 fully saturated rings. The van der Waals surface area contributed by atoms with E-state index in [1.54, 1.807) is 25.1 Å². The second-order valence-corrected chi connectivity index (χ2v) is 8.03. The lowest BCUT2D eigenvalue weighted by molar-refractivity contribution is 0.0697. The molecule has 0 unspecified atom stereocenters. The van der Waals surface area contributed by atoms with Gasteiger partial charge >= 0.3 is 16.2 Å². The highest BCUT2D eigenvalue weighted by molar-refractivity contribution is 7.87. The largest absolute Gasteiger partial charge is 0.479 e. The molecule has 3 rings (SSSR count). The SMILES string of the molecule is CC#CCOc1cccc2c1nc(-c1ncccc1C(=O)O)n2S(=O)(=O)N(C)C. The standard InChI is InChI=1S/C19H18N4O5S/c1-4-5-12-28-15-10-6-9-14-17(15)21-18(23(14)29(26,27)22(2)3)16-13(19(24)25)8-7-11-20-16/h6-11H,12H2,1-3H3,(H,24,25). The molecule has 0 bridgehead atoms. The Hall–Kier alpha value is -3.42. The summed E-state index contributed by atoms with van der Waals surface area (Å²) in [7, 11) is -1.30. The number of carboxylic acid groups (broad SMARTS) is 1. The summed E-state index contributed by atoms with van der Waals surface area (Å²) >= 11 is 0. The van der Waals surface area contributed by atoms with Crippen LogP contribution in [0.4, 0.5) is 0 Å². The molecule has 2 heterocycles. The van der Waals surface area contributed by atoms with E-state index in [1.165, 1.54) is 32.4 Å². The second-order valence-electron chi connectivity index (χ2n) is 6.03. The molecule has 9 nitrogen and oxygen atoms in total. The lowest BCUT2D eigenvalue weighted by Gasteiger charge is -2.15. The van der Waals surface area contributed by atoms with Crippen LogP contribution in [0.5, 0.6) is 5.75 Å². The fourth-order valence-corrected chi connectivity index (χ4v) is 3.73. The average Bonchev–Trinajstić information content (AvgIpc) is 3.09. The van der Waals surface area contributed by atoms with Gasteiger partial charge in [-0.15, -0.1) is 5.92 Å². The fourth-order valence-electron chi connectivity index (χ4n) is 2.66. The van der Waals surface area contributed by atoms with Crippen molar-refractivity contribution in [2.24, 2.45) is 0 Å². The number of aromatic carboxylic acids is 1. The van der Waals surface area contributed by atoms with Crippen molar-refractivity contribution in [2.75, 3.05) is 20.7 Å². The fraction of sp³-hybridized carbons (Fsp3) is 0.211. The molecule has 1 N–H and O–H groups in total. The van der Waals surface area contributed by atoms with Crippen LogP contribution in [0.15, 0.2) is 36.5 Å². The Labute approximate surface area is 167 Å². The summed E-state index contributed by atoms with van der Waals surface area (Å²) in [6.07, 6.45) is 1.38. The molecule has 10 heteroatoms. The summed E-state index contributed by atoms with van der Waals surface area (Å²) in [5.41, 5.74) is 0.253. The van der Waals surface area contributed by atoms with Gasteiger partial charge in [-0.2, -0.15) is 12.7 Å². The third-order valence-corrected chi connectivity index (χ3v) is 5.78. The van der Waals surface area contributed by atoms with Gasteiger partial charge in [0, 0.05) is 20.3 Å². The number of rotatable bonds is 6. The maximum atomic E-state index is 13.1. The molecular formula is C19H18N4O5S. The average molecular weight is 414 g/mol. The number of carbonyl (C=O) groups is 1. The Morgan fingerprint density at radius 2 is 2.03 bits per heavy atom. The molecule has 0 saturated carbocycles. The molecule has 0 aliphatic heterocycles. The highest BCUT2D eigenvalue weighted by Gasteiger charge is 2.29. The molecule has 0 amide bonds. The number of para-hydroxylation sites is 1. The smallest absolute Gasteiger partial charge is 0.338 e. The van der Waals surface area contributed by atoms with Gasteiger partial charge in [0.15, 0.2) is 5.82 Å². The molecule has 0 aliphatic rings. The molecule has 150 valence electrons. The van der Waals surface area contributed by atoms with Crippen molar-refractivity contribution >= 4 is 27.2 Å². The number of imidazole rings is 1. The summed E-state index contributed by atoms with van der Waals surface area (Å²) in [5.74, 6) is 4.43. The first-order valence-electron chi connectivity index (χ1n) is 8.44. The van der Waals surface area contributed by atoms with Crippen LogP contribution in [0.25, 0.3) is 22.6 Å². The number of hydrogen-bond acceptors (Lipinski definition) is 6. The van der Waals surface area contributed by atoms with Crippen LogP contribution < -0.4 is 4.74 Å². The zero-order valence-electron chi connectivity index (χ0n) is 15.9. The Morgan fingerprint density at radius 1 is 1.28 bits per heavy atom. The van der Waals surface area contributed by atoms with Gasteiger partial charge in [0.25, 0.3) is 0 Å². The van der Waals surface area contributed by atoms with Crippen molar-refractivity contribution in [2.45, 2.75) is 6.92 Å². The van der Waals surface area contributed by atoms with Crippen molar-refractivity contribution in [3.8, 4) is 29.1 Å². The predicted octanol–water partition coefficient (Wildman–Crippen LogP) is 1.85. The van der Waals surface area contributed by atoms with Crippen LogP contribution in [-0.2, 0) is 10.2 Å². The minimum Gasteiger partial charge on any atom is -0.479 e. The van der Waals surface area contributed by atoms with Crippen molar-refractivity contribution in [3.63, 3.8) is 0 Å². The molecule has 0 aliphatic carbocycles. The van der Waals surface area contributed by atoms with E-state index in [4.69, 9.17) is 4.74 Å². The number of hydrogen-bond donors (Lipinski definition) is 1. The maximum absolute atomic E-state index is 13.1. The number of pyridine rings is 1. The van der Waals surface area contributed by atoms with E-state index in [0.29, 0.717) is 5.75 Å². The third kappa shape index (κ3) is 3.65. The first kappa shape index (κ1) is 20.3. The van der Waals surface area contributed by atoms with E-state index < -0.39 is 16.2 Å². The van der Waals surface area contributed by atoms with Crippen LogP contribution in [0, 0.1) is 11.8 Å². The maximum Gasteiger partial charge on any atom is 0.338 e. The number of fused-ring (bicyclic) bond motifs is 1. The Morgan fingerprint density at radius 3 is 2.69 bits per heavy atom. The zero-order valence-corrected chi connectivity index (χ0v) is 16.8. The summed E-state index contributed by atoms with van der Waals surface area (Å²) in [5, 5.41) is 9.53. The molecule has 2 aromatic heterocycles. The number of nitrogens with zero attached hydrogens (tertiary/aromatic N) is 4. The van der Waals surface area contributed by atoms with E-state index in [0.717, 1.165) is 8.28 Å². The van der Waals surface area contributed by atoms with Crippen molar-refractivity contribution in [1.82, 2.24) is 18.2 Å². The molecule has 0 atom stereocenters. The van der Waals surface area contributed by atoms with Gasteiger partial charge in [-0.25, -0.2) is 13.8 Å². The van der Waals surface area contributed by atoms with Gasteiger partial charge in [0.1, 0.15) is 23.6 Å². The molecule has 29 heavy (non-hydrogen) atoms. The molecule has 0 saturated heterocycles. The van der Waals surface area contributed by atoms with Crippen molar-refractivity contribution in [3.05, 3.63) is 42.1 Å². The van der Waals surface area contributed by atoms with Gasteiger partial charge in [0.05, 0.1) is 11.1 Å². The van der Waals surface area contributed by atoms with E-state index in [1.807, 2.05) is 0 Å². The molecule has 0 radical (unpaired) electrons. The van der Waals surface area contributed by atoms with Gasteiger partial charge in [-0.05, 0) is 31.2 Å². The van der Waals surface area contributed by atoms with Gasteiger partial charge in [-0.3, -0.25) is 4.98 Å². The van der Waals surface area contributed by atoms with Gasteiger partial charge < -0.3 is 9.84 Å². The lowest BCUT2D eigenvalue weighted by atomic mass is 10.2. The van der Waals surface area contributed by atoms with Gasteiger partial charge in [-0.1, -0.05) is 12.0 Å². The van der Waals surface area contributed by atoms with Crippen molar-refractivity contribution in [1.29, 1.82) is 0 Å². The van der Waals surface area contributed by atoms with Crippen LogP contribution in [0.3, 0.4) is 0 Å². The Kier molecular flexibility index (Phi) is 5.54. The molecule has 3 aromatic rings. The first-order valence-corrected chi connectivity index (χ1v) is 9.84. The zero-order chi connectivity index (χ0) is 21.2. The highest BCUT2D eigenvalue weighted by Crippen LogP contribution is 2.32. The Balaban J connectivity index is 2.39. The van der Waals surface area contributed by atoms with Crippen LogP contribution in [-0.4, -0.2) is 58.4 Å². The van der Waals surface area contributed by atoms with E-state index in [-0.39, 0.29) is 34.7 Å².